The van der Waals surface area contributed by atoms with E-state index < -0.39 is 29.5 Å². The third-order valence-corrected chi connectivity index (χ3v) is 7.11. The summed E-state index contributed by atoms with van der Waals surface area (Å²) >= 11 is 0. The molecule has 2 aromatic heterocycles. The van der Waals surface area contributed by atoms with Crippen LogP contribution in [0.25, 0.3) is 11.2 Å². The number of amides is 1. The topological polar surface area (TPSA) is 144 Å². The molecule has 2 aliphatic rings. The molecule has 13 heteroatoms. The number of hydrogen-bond donors (Lipinski definition) is 3. The Morgan fingerprint density at radius 3 is 2.58 bits per heavy atom. The van der Waals surface area contributed by atoms with Crippen LogP contribution >= 0.6 is 0 Å². The van der Waals surface area contributed by atoms with Crippen molar-refractivity contribution in [3.05, 3.63) is 35.5 Å². The van der Waals surface area contributed by atoms with Crippen LogP contribution in [0.3, 0.4) is 0 Å². The molecule has 3 heterocycles. The van der Waals surface area contributed by atoms with Gasteiger partial charge in [-0.1, -0.05) is 0 Å². The Labute approximate surface area is 216 Å². The summed E-state index contributed by atoms with van der Waals surface area (Å²) in [6, 6.07) is 2.95. The molecule has 5 rings (SSSR count). The van der Waals surface area contributed by atoms with E-state index in [1.54, 1.807) is 10.6 Å². The Morgan fingerprint density at radius 1 is 1.18 bits per heavy atom. The van der Waals surface area contributed by atoms with Gasteiger partial charge >= 0.3 is 0 Å². The molecule has 0 spiro atoms. The van der Waals surface area contributed by atoms with Crippen LogP contribution in [0.15, 0.2) is 18.3 Å². The highest BCUT2D eigenvalue weighted by Crippen LogP contribution is 2.38. The number of nitrogens with one attached hydrogen (secondary N) is 2. The summed E-state index contributed by atoms with van der Waals surface area (Å²) in [6.45, 7) is 0.408. The van der Waals surface area contributed by atoms with Gasteiger partial charge < -0.3 is 21.1 Å². The van der Waals surface area contributed by atoms with Crippen LogP contribution in [0.5, 0.6) is 0 Å². The first kappa shape index (κ1) is 25.7. The molecule has 0 unspecified atom stereocenters. The number of nitriles is 1. The summed E-state index contributed by atoms with van der Waals surface area (Å²) in [5.74, 6) is -1.71. The van der Waals surface area contributed by atoms with Gasteiger partial charge in [-0.05, 0) is 50.2 Å². The fourth-order valence-electron chi connectivity index (χ4n) is 5.19. The van der Waals surface area contributed by atoms with Crippen LogP contribution in [0.2, 0.25) is 0 Å². The highest BCUT2D eigenvalue weighted by Gasteiger charge is 2.30. The van der Waals surface area contributed by atoms with Crippen LogP contribution in [-0.2, 0) is 9.53 Å². The van der Waals surface area contributed by atoms with Crippen molar-refractivity contribution in [2.45, 2.75) is 56.8 Å². The number of hydrogen-bond acceptors (Lipinski definition) is 8. The van der Waals surface area contributed by atoms with E-state index in [4.69, 9.17) is 15.7 Å². The molecule has 1 saturated heterocycles. The summed E-state index contributed by atoms with van der Waals surface area (Å²) in [5.41, 5.74) is 5.58. The number of anilines is 3. The van der Waals surface area contributed by atoms with Gasteiger partial charge in [0.1, 0.15) is 17.4 Å². The van der Waals surface area contributed by atoms with E-state index in [9.17, 15) is 18.0 Å². The summed E-state index contributed by atoms with van der Waals surface area (Å²) in [7, 11) is 0. The van der Waals surface area contributed by atoms with E-state index in [0.29, 0.717) is 43.5 Å². The third kappa shape index (κ3) is 5.35. The number of rotatable bonds is 7. The maximum absolute atomic E-state index is 14.7. The zero-order valence-electron chi connectivity index (χ0n) is 20.5. The van der Waals surface area contributed by atoms with E-state index in [0.717, 1.165) is 25.0 Å². The van der Waals surface area contributed by atoms with E-state index in [1.165, 1.54) is 6.20 Å². The lowest BCUT2D eigenvalue weighted by atomic mass is 9.84. The number of imidazole rings is 1. The van der Waals surface area contributed by atoms with Crippen molar-refractivity contribution in [2.24, 2.45) is 11.7 Å². The number of benzene rings is 1. The van der Waals surface area contributed by atoms with Crippen LogP contribution in [0.4, 0.5) is 30.8 Å². The van der Waals surface area contributed by atoms with E-state index in [2.05, 4.69) is 25.6 Å². The average molecular weight is 529 g/mol. The fraction of sp³-hybridized carbons (Fsp3) is 0.480. The van der Waals surface area contributed by atoms with Crippen molar-refractivity contribution in [1.82, 2.24) is 19.5 Å². The molecule has 1 aromatic carbocycles. The number of ether oxygens (including phenoxy) is 1. The van der Waals surface area contributed by atoms with Gasteiger partial charge in [0.25, 0.3) is 0 Å². The minimum Gasteiger partial charge on any atom is -0.378 e. The Morgan fingerprint density at radius 2 is 1.92 bits per heavy atom. The van der Waals surface area contributed by atoms with Gasteiger partial charge in [-0.3, -0.25) is 9.36 Å². The average Bonchev–Trinajstić information content (AvgIpc) is 3.25. The first-order chi connectivity index (χ1) is 18.3. The Balaban J connectivity index is 1.51. The van der Waals surface area contributed by atoms with Crippen LogP contribution in [0, 0.1) is 28.9 Å². The highest BCUT2D eigenvalue weighted by atomic mass is 19.1. The largest absolute Gasteiger partial charge is 0.378 e. The molecule has 200 valence electrons. The maximum Gasteiger partial charge on any atom is 0.225 e. The molecular weight excluding hydrogens is 501 g/mol. The smallest absolute Gasteiger partial charge is 0.225 e. The van der Waals surface area contributed by atoms with Crippen LogP contribution < -0.4 is 16.4 Å². The van der Waals surface area contributed by atoms with Crippen molar-refractivity contribution in [2.75, 3.05) is 23.8 Å². The van der Waals surface area contributed by atoms with Gasteiger partial charge in [-0.25, -0.2) is 23.1 Å². The van der Waals surface area contributed by atoms with Gasteiger partial charge in [-0.2, -0.15) is 10.2 Å². The molecule has 0 radical (unpaired) electrons. The molecule has 10 nitrogen and oxygen atoms in total. The minimum atomic E-state index is -1.21. The number of primary amides is 1. The number of nitrogens with zero attached hydrogens (tertiary/aromatic N) is 5. The number of aromatic nitrogens is 4. The molecular formula is C25H27F3N8O2. The lowest BCUT2D eigenvalue weighted by Gasteiger charge is -2.30. The Kier molecular flexibility index (Phi) is 7.33. The molecule has 0 bridgehead atoms. The normalized spacial score (nSPS) is 23.6. The Bertz CT molecular complexity index is 1360. The first-order valence-electron chi connectivity index (χ1n) is 12.5. The molecule has 2 atom stereocenters. The van der Waals surface area contributed by atoms with Gasteiger partial charge in [0.05, 0.1) is 30.5 Å². The molecule has 2 fully saturated rings. The number of alkyl halides is 1. The minimum absolute atomic E-state index is 0.0117. The second-order valence-electron chi connectivity index (χ2n) is 9.73. The van der Waals surface area contributed by atoms with Crippen LogP contribution in [0.1, 0.15) is 50.1 Å². The predicted molar refractivity (Wildman–Crippen MR) is 132 cm³/mol. The standard InChI is InChI=1S/C25H27F3N8O2/c26-16-7-14(10-29)8-17(27)22(16)34-25-33-20-11-31-24(32-19-5-6-38-12-18(19)28)35-23(20)36(25)15-3-1-13(2-4-15)9-21(30)37/h7-8,11,13,15,18-19H,1-6,9,12H2,(H2,30,37)(H,33,34)(H,31,32,35)/t13?,15?,18-,19+/m1/s1. The maximum atomic E-state index is 14.7. The van der Waals surface area contributed by atoms with Crippen molar-refractivity contribution >= 4 is 34.7 Å². The molecule has 1 aliphatic carbocycles. The summed E-state index contributed by atoms with van der Waals surface area (Å²) < 4.78 is 50.7. The van der Waals surface area contributed by atoms with Crippen LogP contribution in [-0.4, -0.2) is 50.9 Å². The van der Waals surface area contributed by atoms with Gasteiger partial charge in [0.15, 0.2) is 17.3 Å². The zero-order valence-corrected chi connectivity index (χ0v) is 20.5. The molecule has 1 saturated carbocycles. The van der Waals surface area contributed by atoms with E-state index in [-0.39, 0.29) is 41.9 Å². The molecule has 1 aliphatic heterocycles. The number of carbonyl (C=O) groups is 1. The predicted octanol–water partition coefficient (Wildman–Crippen LogP) is 3.87. The fourth-order valence-corrected chi connectivity index (χ4v) is 5.19. The van der Waals surface area contributed by atoms with E-state index in [1.807, 2.05) is 0 Å². The van der Waals surface area contributed by atoms with Crippen molar-refractivity contribution < 1.29 is 22.7 Å². The molecule has 38 heavy (non-hydrogen) atoms. The number of nitrogens with two attached hydrogens (primary N) is 1. The highest BCUT2D eigenvalue weighted by molar-refractivity contribution is 5.77. The molecule has 1 amide bonds. The van der Waals surface area contributed by atoms with Gasteiger partial charge in [-0.15, -0.1) is 0 Å². The Hall–Kier alpha value is -3.92. The lowest BCUT2D eigenvalue weighted by Crippen LogP contribution is -2.39. The third-order valence-electron chi connectivity index (χ3n) is 7.11. The quantitative estimate of drug-likeness (QED) is 0.419. The monoisotopic (exact) mass is 528 g/mol. The second kappa shape index (κ2) is 10.8. The summed E-state index contributed by atoms with van der Waals surface area (Å²) in [5, 5.41) is 14.8. The van der Waals surface area contributed by atoms with Crippen molar-refractivity contribution in [3.63, 3.8) is 0 Å². The summed E-state index contributed by atoms with van der Waals surface area (Å²) in [4.78, 5) is 24.8. The molecule has 4 N–H and O–H groups in total. The zero-order chi connectivity index (χ0) is 26.8. The lowest BCUT2D eigenvalue weighted by molar-refractivity contribution is -0.119. The second-order valence-corrected chi connectivity index (χ2v) is 9.73. The van der Waals surface area contributed by atoms with Gasteiger partial charge in [0.2, 0.25) is 17.8 Å². The van der Waals surface area contributed by atoms with Crippen molar-refractivity contribution in [1.29, 1.82) is 5.26 Å². The first-order valence-corrected chi connectivity index (χ1v) is 12.5. The SMILES string of the molecule is N#Cc1cc(F)c(Nc2nc3cnc(N[C@H]4CCOC[C@H]4F)nc3n2C2CCC(CC(N)=O)CC2)c(F)c1. The number of fused-ring (bicyclic) bond motifs is 1. The summed E-state index contributed by atoms with van der Waals surface area (Å²) in [6.07, 6.45) is 3.80. The van der Waals surface area contributed by atoms with Gasteiger partial charge in [0, 0.05) is 19.1 Å². The van der Waals surface area contributed by atoms with Crippen molar-refractivity contribution in [3.8, 4) is 6.07 Å². The molecule has 3 aromatic rings. The number of carbonyl (C=O) groups excluding carboxylic acids is 1. The van der Waals surface area contributed by atoms with E-state index >= 15 is 0 Å². The number of halogens is 3.